The first-order valence-electron chi connectivity index (χ1n) is 23.2. The Bertz CT molecular complexity index is 4250. The average molecular weight is 883 g/mol. The average Bonchev–Trinajstić information content (AvgIpc) is 4.10. The van der Waals surface area contributed by atoms with Crippen molar-refractivity contribution in [3.63, 3.8) is 0 Å². The van der Waals surface area contributed by atoms with Crippen molar-refractivity contribution in [1.29, 1.82) is 0 Å². The summed E-state index contributed by atoms with van der Waals surface area (Å²) in [5.41, 5.74) is 15.9. The Morgan fingerprint density at radius 3 is 1.64 bits per heavy atom. The zero-order valence-electron chi connectivity index (χ0n) is 37.0. The summed E-state index contributed by atoms with van der Waals surface area (Å²) in [5.74, 6) is 1.86. The molecule has 4 heterocycles. The van der Waals surface area contributed by atoms with Gasteiger partial charge in [0, 0.05) is 60.3 Å². The lowest BCUT2D eigenvalue weighted by atomic mass is 9.96. The van der Waals surface area contributed by atoms with Crippen molar-refractivity contribution < 1.29 is 8.83 Å². The van der Waals surface area contributed by atoms with Crippen LogP contribution >= 0.6 is 0 Å². The van der Waals surface area contributed by atoms with Crippen LogP contribution in [-0.4, -0.2) is 19.5 Å². The van der Waals surface area contributed by atoms with Crippen LogP contribution in [0.15, 0.2) is 239 Å². The van der Waals surface area contributed by atoms with Crippen molar-refractivity contribution in [1.82, 2.24) is 19.5 Å². The third-order valence-electron chi connectivity index (χ3n) is 13.4. The molecule has 0 bridgehead atoms. The van der Waals surface area contributed by atoms with E-state index in [-0.39, 0.29) is 0 Å². The number of rotatable bonds is 7. The van der Waals surface area contributed by atoms with Gasteiger partial charge in [0.15, 0.2) is 17.5 Å². The molecule has 4 aromatic heterocycles. The molecular formula is C63H38N4O2. The molecule has 0 saturated carbocycles. The minimum atomic E-state index is 0.607. The van der Waals surface area contributed by atoms with Gasteiger partial charge < -0.3 is 13.4 Å². The van der Waals surface area contributed by atoms with Crippen LogP contribution in [0.4, 0.5) is 0 Å². The van der Waals surface area contributed by atoms with E-state index in [1.54, 1.807) is 0 Å². The predicted octanol–water partition coefficient (Wildman–Crippen LogP) is 16.8. The van der Waals surface area contributed by atoms with E-state index in [0.29, 0.717) is 17.5 Å². The van der Waals surface area contributed by atoms with E-state index in [1.165, 1.54) is 21.9 Å². The van der Waals surface area contributed by atoms with Gasteiger partial charge in [0.1, 0.15) is 22.3 Å². The quantitative estimate of drug-likeness (QED) is 0.159. The number of fused-ring (bicyclic) bond motifs is 9. The lowest BCUT2D eigenvalue weighted by molar-refractivity contribution is 0.668. The van der Waals surface area contributed by atoms with Crippen LogP contribution < -0.4 is 0 Å². The SMILES string of the molecule is c1ccc(-c2ccc3c(c2)c2ccccc2n3-c2cc(-c3ccc4c(c3)oc3cccc(-c5cccc(-c6nc(-c7ccccc7)nc(-c7ccccc7)n6)c5)c34)c3oc4ccccc4c3c2)cc1. The summed E-state index contributed by atoms with van der Waals surface area (Å²) >= 11 is 0. The van der Waals surface area contributed by atoms with Crippen LogP contribution in [0.2, 0.25) is 0 Å². The summed E-state index contributed by atoms with van der Waals surface area (Å²) in [6, 6.07) is 80.4. The van der Waals surface area contributed by atoms with Crippen molar-refractivity contribution in [3.05, 3.63) is 231 Å². The predicted molar refractivity (Wildman–Crippen MR) is 281 cm³/mol. The molecule has 0 atom stereocenters. The summed E-state index contributed by atoms with van der Waals surface area (Å²) < 4.78 is 15.9. The van der Waals surface area contributed by atoms with Crippen molar-refractivity contribution in [2.45, 2.75) is 0 Å². The van der Waals surface area contributed by atoms with Crippen LogP contribution in [0.3, 0.4) is 0 Å². The number of aromatic nitrogens is 4. The zero-order valence-corrected chi connectivity index (χ0v) is 37.0. The molecule has 0 saturated heterocycles. The Kier molecular flexibility index (Phi) is 8.79. The third-order valence-corrected chi connectivity index (χ3v) is 13.4. The fraction of sp³-hybridized carbons (Fsp3) is 0. The number of hydrogen-bond acceptors (Lipinski definition) is 5. The van der Waals surface area contributed by atoms with Crippen LogP contribution in [0.25, 0.3) is 139 Å². The van der Waals surface area contributed by atoms with Gasteiger partial charge in [0.05, 0.1) is 11.0 Å². The Labute approximate surface area is 396 Å². The van der Waals surface area contributed by atoms with Gasteiger partial charge in [-0.15, -0.1) is 0 Å². The molecule has 0 spiro atoms. The molecule has 0 aliphatic rings. The van der Waals surface area contributed by atoms with E-state index in [9.17, 15) is 0 Å². The molecule has 0 unspecified atom stereocenters. The molecular weight excluding hydrogens is 845 g/mol. The highest BCUT2D eigenvalue weighted by atomic mass is 16.3. The number of para-hydroxylation sites is 2. The highest BCUT2D eigenvalue weighted by molar-refractivity contribution is 6.16. The molecule has 0 aliphatic heterocycles. The van der Waals surface area contributed by atoms with Gasteiger partial charge in [-0.2, -0.15) is 0 Å². The molecule has 322 valence electrons. The fourth-order valence-corrected chi connectivity index (χ4v) is 10.2. The van der Waals surface area contributed by atoms with Gasteiger partial charge in [-0.25, -0.2) is 15.0 Å². The Morgan fingerprint density at radius 2 is 0.870 bits per heavy atom. The Morgan fingerprint density at radius 1 is 0.290 bits per heavy atom. The normalized spacial score (nSPS) is 11.8. The van der Waals surface area contributed by atoms with Gasteiger partial charge >= 0.3 is 0 Å². The highest BCUT2D eigenvalue weighted by Gasteiger charge is 2.21. The van der Waals surface area contributed by atoms with E-state index in [4.69, 9.17) is 23.8 Å². The van der Waals surface area contributed by atoms with Gasteiger partial charge in [0.25, 0.3) is 0 Å². The lowest BCUT2D eigenvalue weighted by Crippen LogP contribution is -2.00. The standard InChI is InChI=1S/C63H38N4O2/c1-4-16-39(17-5-1)42-31-33-55-52(35-42)48-24-10-12-27-54(48)67(55)46-37-51(60-53(38-46)49-25-11-13-28-56(49)69-60)44-30-32-50-58(36-44)68-57-29-15-26-47(59(50)57)43-22-14-23-45(34-43)63-65-61(40-18-6-2-7-19-40)64-62(66-63)41-20-8-3-9-21-41/h1-38H. The minimum Gasteiger partial charge on any atom is -0.456 e. The highest BCUT2D eigenvalue weighted by Crippen LogP contribution is 2.44. The molecule has 6 heteroatoms. The maximum absolute atomic E-state index is 6.79. The maximum atomic E-state index is 6.79. The number of nitrogens with zero attached hydrogens (tertiary/aromatic N) is 4. The minimum absolute atomic E-state index is 0.607. The summed E-state index contributed by atoms with van der Waals surface area (Å²) in [7, 11) is 0. The first-order valence-corrected chi connectivity index (χ1v) is 23.2. The van der Waals surface area contributed by atoms with E-state index < -0.39 is 0 Å². The molecule has 0 radical (unpaired) electrons. The summed E-state index contributed by atoms with van der Waals surface area (Å²) in [4.78, 5) is 15.0. The molecule has 10 aromatic carbocycles. The van der Waals surface area contributed by atoms with Gasteiger partial charge in [-0.1, -0.05) is 170 Å². The third kappa shape index (κ3) is 6.45. The van der Waals surface area contributed by atoms with Gasteiger partial charge in [-0.3, -0.25) is 0 Å². The van der Waals surface area contributed by atoms with Crippen LogP contribution in [0.1, 0.15) is 0 Å². The molecule has 69 heavy (non-hydrogen) atoms. The lowest BCUT2D eigenvalue weighted by Gasteiger charge is -2.12. The molecule has 14 aromatic rings. The smallest absolute Gasteiger partial charge is 0.164 e. The van der Waals surface area contributed by atoms with Crippen LogP contribution in [0, 0.1) is 0 Å². The number of hydrogen-bond donors (Lipinski definition) is 0. The van der Waals surface area contributed by atoms with Gasteiger partial charge in [0.2, 0.25) is 0 Å². The largest absolute Gasteiger partial charge is 0.456 e. The molecule has 0 fully saturated rings. The Balaban J connectivity index is 0.915. The van der Waals surface area contributed by atoms with Crippen molar-refractivity contribution in [2.75, 3.05) is 0 Å². The molecule has 14 rings (SSSR count). The van der Waals surface area contributed by atoms with Crippen LogP contribution in [-0.2, 0) is 0 Å². The zero-order chi connectivity index (χ0) is 45.4. The first-order chi connectivity index (χ1) is 34.2. The second kappa shape index (κ2) is 15.6. The monoisotopic (exact) mass is 882 g/mol. The second-order valence-electron chi connectivity index (χ2n) is 17.5. The van der Waals surface area contributed by atoms with E-state index >= 15 is 0 Å². The van der Waals surface area contributed by atoms with Crippen molar-refractivity contribution >= 4 is 65.7 Å². The summed E-state index contributed by atoms with van der Waals surface area (Å²) in [6.07, 6.45) is 0. The first kappa shape index (κ1) is 38.8. The Hall–Kier alpha value is -9.39. The molecule has 0 aliphatic carbocycles. The van der Waals surface area contributed by atoms with E-state index in [2.05, 4.69) is 168 Å². The topological polar surface area (TPSA) is 69.9 Å². The molecule has 6 nitrogen and oxygen atoms in total. The summed E-state index contributed by atoms with van der Waals surface area (Å²) in [6.45, 7) is 0. The van der Waals surface area contributed by atoms with Crippen molar-refractivity contribution in [3.8, 4) is 73.2 Å². The maximum Gasteiger partial charge on any atom is 0.164 e. The van der Waals surface area contributed by atoms with E-state index in [1.807, 2.05) is 66.7 Å². The molecule has 0 N–H and O–H groups in total. The molecule has 0 amide bonds. The second-order valence-corrected chi connectivity index (χ2v) is 17.5. The number of furan rings is 2. The summed E-state index contributed by atoms with van der Waals surface area (Å²) in [5, 5.41) is 6.62. The number of benzene rings is 10. The van der Waals surface area contributed by atoms with Gasteiger partial charge in [-0.05, 0) is 88.5 Å². The van der Waals surface area contributed by atoms with Crippen LogP contribution in [0.5, 0.6) is 0 Å². The fourth-order valence-electron chi connectivity index (χ4n) is 10.2. The van der Waals surface area contributed by atoms with E-state index in [0.717, 1.165) is 99.5 Å². The van der Waals surface area contributed by atoms with Crippen molar-refractivity contribution in [2.24, 2.45) is 0 Å².